The van der Waals surface area contributed by atoms with E-state index in [1.165, 1.54) is 0 Å². The average molecular weight is 284 g/mol. The molecule has 1 aliphatic carbocycles. The Hall–Kier alpha value is -2.63. The van der Waals surface area contributed by atoms with Crippen molar-refractivity contribution in [2.24, 2.45) is 5.92 Å². The summed E-state index contributed by atoms with van der Waals surface area (Å²) in [5.41, 5.74) is 1.26. The van der Waals surface area contributed by atoms with E-state index in [0.717, 1.165) is 18.5 Å². The van der Waals surface area contributed by atoms with Crippen molar-refractivity contribution >= 4 is 17.5 Å². The van der Waals surface area contributed by atoms with Crippen LogP contribution >= 0.6 is 0 Å². The highest BCUT2D eigenvalue weighted by molar-refractivity contribution is 5.96. The quantitative estimate of drug-likeness (QED) is 0.780. The fourth-order valence-electron chi connectivity index (χ4n) is 1.96. The number of aromatic amines is 1. The minimum absolute atomic E-state index is 0.0602. The van der Waals surface area contributed by atoms with Gasteiger partial charge < -0.3 is 15.6 Å². The molecule has 6 nitrogen and oxygen atoms in total. The molecule has 0 saturated heterocycles. The first-order chi connectivity index (χ1) is 10.2. The van der Waals surface area contributed by atoms with E-state index in [9.17, 15) is 9.59 Å². The smallest absolute Gasteiger partial charge is 0.251 e. The molecule has 1 aliphatic rings. The van der Waals surface area contributed by atoms with Gasteiger partial charge in [0.1, 0.15) is 5.82 Å². The highest BCUT2D eigenvalue weighted by Gasteiger charge is 2.29. The minimum atomic E-state index is -0.175. The largest absolute Gasteiger partial charge is 0.347 e. The number of imidazole rings is 1. The lowest BCUT2D eigenvalue weighted by molar-refractivity contribution is -0.117. The maximum absolute atomic E-state index is 12.0. The molecule has 21 heavy (non-hydrogen) atoms. The molecule has 1 aromatic heterocycles. The molecule has 1 heterocycles. The zero-order valence-corrected chi connectivity index (χ0v) is 11.4. The van der Waals surface area contributed by atoms with Crippen LogP contribution in [0.4, 0.5) is 5.69 Å². The Kier molecular flexibility index (Phi) is 3.68. The van der Waals surface area contributed by atoms with Crippen LogP contribution in [-0.4, -0.2) is 21.8 Å². The SMILES string of the molecule is O=C(NCc1ncc[nH]1)c1ccc(NC(=O)C2CC2)cc1. The summed E-state index contributed by atoms with van der Waals surface area (Å²) in [6.45, 7) is 0.353. The minimum Gasteiger partial charge on any atom is -0.347 e. The number of amides is 2. The first-order valence-corrected chi connectivity index (χ1v) is 6.90. The lowest BCUT2D eigenvalue weighted by Crippen LogP contribution is -2.23. The number of aromatic nitrogens is 2. The molecule has 3 rings (SSSR count). The van der Waals surface area contributed by atoms with E-state index in [1.807, 2.05) is 0 Å². The van der Waals surface area contributed by atoms with Crippen molar-refractivity contribution in [1.82, 2.24) is 15.3 Å². The molecule has 2 amide bonds. The Morgan fingerprint density at radius 3 is 2.62 bits per heavy atom. The average Bonchev–Trinajstić information content (AvgIpc) is 3.23. The molecule has 1 fully saturated rings. The van der Waals surface area contributed by atoms with Gasteiger partial charge in [-0.2, -0.15) is 0 Å². The highest BCUT2D eigenvalue weighted by Crippen LogP contribution is 2.30. The Bertz CT molecular complexity index is 630. The van der Waals surface area contributed by atoms with E-state index in [1.54, 1.807) is 36.7 Å². The van der Waals surface area contributed by atoms with E-state index in [0.29, 0.717) is 17.9 Å². The van der Waals surface area contributed by atoms with E-state index < -0.39 is 0 Å². The molecular weight excluding hydrogens is 268 g/mol. The third-order valence-electron chi connectivity index (χ3n) is 3.33. The molecule has 0 radical (unpaired) electrons. The number of nitrogens with one attached hydrogen (secondary N) is 3. The van der Waals surface area contributed by atoms with Gasteiger partial charge in [-0.1, -0.05) is 0 Å². The normalized spacial score (nSPS) is 13.7. The zero-order chi connectivity index (χ0) is 14.7. The van der Waals surface area contributed by atoms with Gasteiger partial charge in [0.15, 0.2) is 0 Å². The van der Waals surface area contributed by atoms with E-state index in [2.05, 4.69) is 20.6 Å². The summed E-state index contributed by atoms with van der Waals surface area (Å²) in [6, 6.07) is 6.87. The van der Waals surface area contributed by atoms with Crippen molar-refractivity contribution in [3.8, 4) is 0 Å². The highest BCUT2D eigenvalue weighted by atomic mass is 16.2. The molecule has 0 bridgehead atoms. The molecule has 6 heteroatoms. The van der Waals surface area contributed by atoms with E-state index in [4.69, 9.17) is 0 Å². The van der Waals surface area contributed by atoms with Crippen molar-refractivity contribution in [2.45, 2.75) is 19.4 Å². The Morgan fingerprint density at radius 1 is 1.24 bits per heavy atom. The third kappa shape index (κ3) is 3.47. The van der Waals surface area contributed by atoms with Gasteiger partial charge in [0.25, 0.3) is 5.91 Å². The maximum atomic E-state index is 12.0. The number of rotatable bonds is 5. The number of carbonyl (C=O) groups excluding carboxylic acids is 2. The second-order valence-corrected chi connectivity index (χ2v) is 5.06. The number of hydrogen-bond donors (Lipinski definition) is 3. The van der Waals surface area contributed by atoms with Gasteiger partial charge in [0.2, 0.25) is 5.91 Å². The summed E-state index contributed by atoms with van der Waals surface area (Å²) >= 11 is 0. The van der Waals surface area contributed by atoms with Gasteiger partial charge in [0, 0.05) is 29.6 Å². The van der Waals surface area contributed by atoms with Crippen LogP contribution in [0.15, 0.2) is 36.7 Å². The molecule has 1 saturated carbocycles. The van der Waals surface area contributed by atoms with Gasteiger partial charge in [-0.3, -0.25) is 9.59 Å². The molecule has 108 valence electrons. The summed E-state index contributed by atoms with van der Waals surface area (Å²) in [6.07, 6.45) is 5.29. The van der Waals surface area contributed by atoms with Crippen molar-refractivity contribution in [3.05, 3.63) is 48.0 Å². The van der Waals surface area contributed by atoms with Crippen LogP contribution in [-0.2, 0) is 11.3 Å². The Labute approximate surface area is 122 Å². The summed E-state index contributed by atoms with van der Waals surface area (Å²) in [4.78, 5) is 30.5. The Balaban J connectivity index is 1.55. The summed E-state index contributed by atoms with van der Waals surface area (Å²) in [7, 11) is 0. The lowest BCUT2D eigenvalue weighted by Gasteiger charge is -2.06. The summed E-state index contributed by atoms with van der Waals surface area (Å²) < 4.78 is 0. The van der Waals surface area contributed by atoms with Crippen molar-refractivity contribution in [1.29, 1.82) is 0 Å². The van der Waals surface area contributed by atoms with Gasteiger partial charge in [-0.25, -0.2) is 4.98 Å². The lowest BCUT2D eigenvalue weighted by atomic mass is 10.2. The topological polar surface area (TPSA) is 86.9 Å². The fraction of sp³-hybridized carbons (Fsp3) is 0.267. The second kappa shape index (κ2) is 5.78. The van der Waals surface area contributed by atoms with Crippen molar-refractivity contribution in [2.75, 3.05) is 5.32 Å². The fourth-order valence-corrected chi connectivity index (χ4v) is 1.96. The molecule has 3 N–H and O–H groups in total. The van der Waals surface area contributed by atoms with Crippen molar-refractivity contribution < 1.29 is 9.59 Å². The molecule has 0 aliphatic heterocycles. The van der Waals surface area contributed by atoms with Crippen LogP contribution in [0.1, 0.15) is 29.0 Å². The molecule has 0 atom stereocenters. The number of hydrogen-bond acceptors (Lipinski definition) is 3. The van der Waals surface area contributed by atoms with Crippen molar-refractivity contribution in [3.63, 3.8) is 0 Å². The summed E-state index contributed by atoms with van der Waals surface area (Å²) in [5.74, 6) is 0.759. The van der Waals surface area contributed by atoms with Gasteiger partial charge in [-0.05, 0) is 37.1 Å². The molecule has 1 aromatic carbocycles. The number of H-pyrrole nitrogens is 1. The molecule has 0 unspecified atom stereocenters. The second-order valence-electron chi connectivity index (χ2n) is 5.06. The first-order valence-electron chi connectivity index (χ1n) is 6.90. The Morgan fingerprint density at radius 2 is 2.00 bits per heavy atom. The third-order valence-corrected chi connectivity index (χ3v) is 3.33. The van der Waals surface area contributed by atoms with Gasteiger partial charge in [-0.15, -0.1) is 0 Å². The van der Waals surface area contributed by atoms with Gasteiger partial charge >= 0.3 is 0 Å². The maximum Gasteiger partial charge on any atom is 0.251 e. The monoisotopic (exact) mass is 284 g/mol. The number of carbonyl (C=O) groups is 2. The van der Waals surface area contributed by atoms with Gasteiger partial charge in [0.05, 0.1) is 6.54 Å². The number of benzene rings is 1. The van der Waals surface area contributed by atoms with Crippen LogP contribution in [0.25, 0.3) is 0 Å². The molecule has 0 spiro atoms. The molecule has 2 aromatic rings. The zero-order valence-electron chi connectivity index (χ0n) is 11.4. The predicted molar refractivity (Wildman–Crippen MR) is 77.6 cm³/mol. The van der Waals surface area contributed by atoms with Crippen LogP contribution in [0.2, 0.25) is 0 Å². The summed E-state index contributed by atoms with van der Waals surface area (Å²) in [5, 5.41) is 5.61. The van der Waals surface area contributed by atoms with Crippen LogP contribution in [0, 0.1) is 5.92 Å². The molecular formula is C15H16N4O2. The van der Waals surface area contributed by atoms with E-state index in [-0.39, 0.29) is 17.7 Å². The number of anilines is 1. The number of nitrogens with zero attached hydrogens (tertiary/aromatic N) is 1. The van der Waals surface area contributed by atoms with Crippen LogP contribution in [0.5, 0.6) is 0 Å². The standard InChI is InChI=1S/C15H16N4O2/c20-14(18-9-13-16-7-8-17-13)10-3-5-12(6-4-10)19-15(21)11-1-2-11/h3-8,11H,1-2,9H2,(H,16,17)(H,18,20)(H,19,21). The van der Waals surface area contributed by atoms with Crippen LogP contribution < -0.4 is 10.6 Å². The van der Waals surface area contributed by atoms with Crippen LogP contribution in [0.3, 0.4) is 0 Å². The predicted octanol–water partition coefficient (Wildman–Crippen LogP) is 1.69. The van der Waals surface area contributed by atoms with E-state index >= 15 is 0 Å². The first kappa shape index (κ1) is 13.4.